The monoisotopic (exact) mass is 419 g/mol. The summed E-state index contributed by atoms with van der Waals surface area (Å²) in [6, 6.07) is 4.51. The van der Waals surface area contributed by atoms with Gasteiger partial charge in [0, 0.05) is 13.2 Å². The molecule has 1 atom stereocenters. The summed E-state index contributed by atoms with van der Waals surface area (Å²) >= 11 is 5.82. The predicted molar refractivity (Wildman–Crippen MR) is 91.6 cm³/mol. The summed E-state index contributed by atoms with van der Waals surface area (Å²) in [5.74, 6) is 0.0952. The fourth-order valence-electron chi connectivity index (χ4n) is 2.37. The summed E-state index contributed by atoms with van der Waals surface area (Å²) < 4.78 is 70.4. The van der Waals surface area contributed by atoms with E-state index in [-0.39, 0.29) is 5.89 Å². The molecule has 27 heavy (non-hydrogen) atoms. The molecule has 1 aromatic carbocycles. The van der Waals surface area contributed by atoms with Gasteiger partial charge in [-0.05, 0) is 37.3 Å². The molecular formula is C16H13ClF3N3O3S. The number of benzene rings is 1. The minimum atomic E-state index is -4.63. The van der Waals surface area contributed by atoms with Crippen molar-refractivity contribution in [3.8, 4) is 0 Å². The van der Waals surface area contributed by atoms with Crippen molar-refractivity contribution < 1.29 is 26.0 Å². The maximum absolute atomic E-state index is 12.8. The van der Waals surface area contributed by atoms with E-state index in [2.05, 4.69) is 9.97 Å². The molecule has 2 aromatic heterocycles. The largest absolute Gasteiger partial charge is 0.437 e. The van der Waals surface area contributed by atoms with Crippen LogP contribution in [0.15, 0.2) is 45.8 Å². The molecule has 0 saturated heterocycles. The number of halogens is 4. The van der Waals surface area contributed by atoms with E-state index in [9.17, 15) is 21.6 Å². The highest BCUT2D eigenvalue weighted by atomic mass is 35.5. The SMILES string of the molecule is CC(c1nc2ncccc2o1)N(C)S(=O)(=O)c1ccc(C(F)(F)F)cc1Cl. The first-order valence-corrected chi connectivity index (χ1v) is 9.40. The Labute approximate surface area is 157 Å². The van der Waals surface area contributed by atoms with Gasteiger partial charge in [-0.2, -0.15) is 22.5 Å². The summed E-state index contributed by atoms with van der Waals surface area (Å²) in [6.07, 6.45) is -3.11. The van der Waals surface area contributed by atoms with Crippen LogP contribution in [0, 0.1) is 0 Å². The van der Waals surface area contributed by atoms with E-state index >= 15 is 0 Å². The lowest BCUT2D eigenvalue weighted by atomic mass is 10.2. The fraction of sp³-hybridized carbons (Fsp3) is 0.250. The number of hydrogen-bond acceptors (Lipinski definition) is 5. The quantitative estimate of drug-likeness (QED) is 0.631. The molecule has 0 bridgehead atoms. The molecule has 3 rings (SSSR count). The van der Waals surface area contributed by atoms with Crippen LogP contribution in [-0.4, -0.2) is 29.7 Å². The molecule has 0 saturated carbocycles. The molecule has 3 aromatic rings. The van der Waals surface area contributed by atoms with Crippen LogP contribution in [-0.2, 0) is 16.2 Å². The van der Waals surface area contributed by atoms with Gasteiger partial charge in [-0.25, -0.2) is 13.4 Å². The van der Waals surface area contributed by atoms with Gasteiger partial charge in [0.25, 0.3) is 0 Å². The first kappa shape index (κ1) is 19.6. The third kappa shape index (κ3) is 3.64. The van der Waals surface area contributed by atoms with Crippen molar-refractivity contribution in [2.45, 2.75) is 24.0 Å². The topological polar surface area (TPSA) is 76.3 Å². The molecule has 0 spiro atoms. The van der Waals surface area contributed by atoms with Gasteiger partial charge in [0.2, 0.25) is 15.9 Å². The molecule has 0 radical (unpaired) electrons. The number of sulfonamides is 1. The Bertz CT molecular complexity index is 1070. The Kier molecular flexibility index (Phi) is 4.91. The highest BCUT2D eigenvalue weighted by molar-refractivity contribution is 7.89. The third-order valence-electron chi connectivity index (χ3n) is 4.00. The summed E-state index contributed by atoms with van der Waals surface area (Å²) in [7, 11) is -2.94. The Morgan fingerprint density at radius 2 is 1.96 bits per heavy atom. The average molecular weight is 420 g/mol. The zero-order chi connectivity index (χ0) is 20.0. The van der Waals surface area contributed by atoms with Crippen LogP contribution < -0.4 is 0 Å². The van der Waals surface area contributed by atoms with E-state index in [1.54, 1.807) is 12.1 Å². The lowest BCUT2D eigenvalue weighted by Crippen LogP contribution is -2.30. The molecule has 0 aliphatic heterocycles. The smallest absolute Gasteiger partial charge is 0.416 e. The Hall–Kier alpha value is -2.17. The van der Waals surface area contributed by atoms with Crippen LogP contribution in [0.4, 0.5) is 13.2 Å². The van der Waals surface area contributed by atoms with Crippen molar-refractivity contribution in [1.82, 2.24) is 14.3 Å². The highest BCUT2D eigenvalue weighted by Gasteiger charge is 2.34. The number of nitrogens with zero attached hydrogens (tertiary/aromatic N) is 3. The average Bonchev–Trinajstić information content (AvgIpc) is 3.03. The number of aromatic nitrogens is 2. The van der Waals surface area contributed by atoms with Gasteiger partial charge in [0.05, 0.1) is 16.6 Å². The maximum atomic E-state index is 12.8. The molecular weight excluding hydrogens is 407 g/mol. The van der Waals surface area contributed by atoms with E-state index in [0.29, 0.717) is 23.4 Å². The third-order valence-corrected chi connectivity index (χ3v) is 6.41. The minimum absolute atomic E-state index is 0.0952. The van der Waals surface area contributed by atoms with Crippen LogP contribution in [0.25, 0.3) is 11.2 Å². The predicted octanol–water partition coefficient (Wildman–Crippen LogP) is 4.28. The molecule has 0 amide bonds. The van der Waals surface area contributed by atoms with Crippen LogP contribution in [0.5, 0.6) is 0 Å². The van der Waals surface area contributed by atoms with Crippen molar-refractivity contribution in [3.05, 3.63) is 53.0 Å². The number of alkyl halides is 3. The molecule has 11 heteroatoms. The Balaban J connectivity index is 1.96. The Morgan fingerprint density at radius 3 is 2.56 bits per heavy atom. The van der Waals surface area contributed by atoms with Gasteiger partial charge >= 0.3 is 6.18 Å². The van der Waals surface area contributed by atoms with E-state index in [4.69, 9.17) is 16.0 Å². The summed E-state index contributed by atoms with van der Waals surface area (Å²) in [5.41, 5.74) is -0.331. The van der Waals surface area contributed by atoms with E-state index in [0.717, 1.165) is 10.4 Å². The van der Waals surface area contributed by atoms with Gasteiger partial charge < -0.3 is 4.42 Å². The van der Waals surface area contributed by atoms with Crippen LogP contribution in [0.2, 0.25) is 5.02 Å². The first-order valence-electron chi connectivity index (χ1n) is 7.58. The van der Waals surface area contributed by atoms with Gasteiger partial charge in [0.1, 0.15) is 4.90 Å². The summed E-state index contributed by atoms with van der Waals surface area (Å²) in [6.45, 7) is 1.53. The lowest BCUT2D eigenvalue weighted by Gasteiger charge is -2.22. The number of oxazole rings is 1. The van der Waals surface area contributed by atoms with Crippen molar-refractivity contribution in [2.24, 2.45) is 0 Å². The van der Waals surface area contributed by atoms with Crippen molar-refractivity contribution in [2.75, 3.05) is 7.05 Å². The summed E-state index contributed by atoms with van der Waals surface area (Å²) in [5, 5.41) is -0.525. The Morgan fingerprint density at radius 1 is 1.26 bits per heavy atom. The van der Waals surface area contributed by atoms with Crippen molar-refractivity contribution in [3.63, 3.8) is 0 Å². The molecule has 144 valence electrons. The summed E-state index contributed by atoms with van der Waals surface area (Å²) in [4.78, 5) is 7.71. The molecule has 0 N–H and O–H groups in total. The van der Waals surface area contributed by atoms with Crippen LogP contribution in [0.3, 0.4) is 0 Å². The zero-order valence-electron chi connectivity index (χ0n) is 14.0. The van der Waals surface area contributed by atoms with Crippen LogP contribution in [0.1, 0.15) is 24.4 Å². The second kappa shape index (κ2) is 6.77. The van der Waals surface area contributed by atoms with Gasteiger partial charge in [-0.3, -0.25) is 0 Å². The van der Waals surface area contributed by atoms with Crippen molar-refractivity contribution in [1.29, 1.82) is 0 Å². The number of fused-ring (bicyclic) bond motifs is 1. The van der Waals surface area contributed by atoms with E-state index in [1.165, 1.54) is 20.2 Å². The van der Waals surface area contributed by atoms with Gasteiger partial charge in [-0.15, -0.1) is 0 Å². The second-order valence-corrected chi connectivity index (χ2v) is 8.09. The van der Waals surface area contributed by atoms with E-state index < -0.39 is 37.7 Å². The first-order chi connectivity index (χ1) is 12.5. The normalized spacial score (nSPS) is 14.0. The molecule has 0 fully saturated rings. The minimum Gasteiger partial charge on any atom is -0.437 e. The molecule has 0 aliphatic carbocycles. The van der Waals surface area contributed by atoms with Gasteiger partial charge in [-0.1, -0.05) is 11.6 Å². The standard InChI is InChI=1S/C16H13ClF3N3O3S/c1-9(15-22-14-12(26-15)4-3-7-21-14)23(2)27(24,25)13-6-5-10(8-11(13)17)16(18,19)20/h3-9H,1-2H3. The van der Waals surface area contributed by atoms with Crippen LogP contribution >= 0.6 is 11.6 Å². The highest BCUT2D eigenvalue weighted by Crippen LogP contribution is 2.35. The van der Waals surface area contributed by atoms with E-state index in [1.807, 2.05) is 0 Å². The number of pyridine rings is 1. The zero-order valence-corrected chi connectivity index (χ0v) is 15.6. The second-order valence-electron chi connectivity index (χ2n) is 5.72. The molecule has 6 nitrogen and oxygen atoms in total. The number of hydrogen-bond donors (Lipinski definition) is 0. The molecule has 1 unspecified atom stereocenters. The van der Waals surface area contributed by atoms with Gasteiger partial charge in [0.15, 0.2) is 11.2 Å². The number of rotatable bonds is 4. The maximum Gasteiger partial charge on any atom is 0.416 e. The van der Waals surface area contributed by atoms with Crippen molar-refractivity contribution >= 4 is 32.9 Å². The molecule has 2 heterocycles. The molecule has 0 aliphatic rings. The lowest BCUT2D eigenvalue weighted by molar-refractivity contribution is -0.137. The fourth-order valence-corrected chi connectivity index (χ4v) is 4.20.